The molecule has 3 aromatic rings. The lowest BCUT2D eigenvalue weighted by molar-refractivity contribution is 0.155. The third-order valence-electron chi connectivity index (χ3n) is 5.39. The van der Waals surface area contributed by atoms with Crippen LogP contribution < -0.4 is 5.32 Å². The maximum Gasteiger partial charge on any atom is 0.322 e. The van der Waals surface area contributed by atoms with Crippen LogP contribution in [-0.4, -0.2) is 38.1 Å². The Kier molecular flexibility index (Phi) is 5.05. The van der Waals surface area contributed by atoms with Gasteiger partial charge in [0.2, 0.25) is 0 Å². The van der Waals surface area contributed by atoms with Gasteiger partial charge in [-0.3, -0.25) is 4.98 Å². The molecule has 3 heterocycles. The van der Waals surface area contributed by atoms with Gasteiger partial charge < -0.3 is 14.8 Å². The van der Waals surface area contributed by atoms with Crippen LogP contribution >= 0.6 is 0 Å². The Balaban J connectivity index is 1.47. The molecule has 1 N–H and O–H groups in total. The largest absolute Gasteiger partial charge is 0.335 e. The molecular formula is C21H25N5O. The van der Waals surface area contributed by atoms with Crippen LogP contribution in [0.5, 0.6) is 0 Å². The van der Waals surface area contributed by atoms with E-state index in [0.717, 1.165) is 54.8 Å². The molecule has 0 radical (unpaired) electrons. The molecule has 1 aliphatic rings. The van der Waals surface area contributed by atoms with Crippen LogP contribution in [0.4, 0.5) is 10.5 Å². The number of carbonyl (C=O) groups is 1. The molecule has 6 heteroatoms. The van der Waals surface area contributed by atoms with E-state index in [0.29, 0.717) is 0 Å². The molecule has 1 aromatic carbocycles. The number of rotatable bonds is 4. The highest BCUT2D eigenvalue weighted by molar-refractivity contribution is 5.99. The van der Waals surface area contributed by atoms with E-state index in [4.69, 9.17) is 0 Å². The zero-order chi connectivity index (χ0) is 18.6. The average molecular weight is 363 g/mol. The first-order valence-corrected chi connectivity index (χ1v) is 9.61. The molecule has 1 atom stereocenters. The zero-order valence-corrected chi connectivity index (χ0v) is 15.6. The van der Waals surface area contributed by atoms with Crippen molar-refractivity contribution in [2.24, 2.45) is 0 Å². The summed E-state index contributed by atoms with van der Waals surface area (Å²) < 4.78 is 2.15. The van der Waals surface area contributed by atoms with Gasteiger partial charge in [-0.1, -0.05) is 18.2 Å². The smallest absolute Gasteiger partial charge is 0.322 e. The fraction of sp³-hybridized carbons (Fsp3) is 0.381. The first-order chi connectivity index (χ1) is 13.2. The van der Waals surface area contributed by atoms with E-state index in [1.54, 1.807) is 6.20 Å². The highest BCUT2D eigenvalue weighted by Crippen LogP contribution is 2.24. The number of nitrogens with zero attached hydrogens (tertiary/aromatic N) is 4. The number of piperidine rings is 1. The standard InChI is InChI=1S/C21H25N5O/c1-16-22-12-15-25(16)14-10-18-8-2-3-13-26(18)21(27)24-19-9-4-6-17-7-5-11-23-20(17)19/h4-7,9,11-12,15,18H,2-3,8,10,13-14H2,1H3,(H,24,27)/t18-/m0/s1. The van der Waals surface area contributed by atoms with Crippen LogP contribution in [0.25, 0.3) is 10.9 Å². The Labute approximate surface area is 159 Å². The van der Waals surface area contributed by atoms with Crippen molar-refractivity contribution < 1.29 is 4.79 Å². The Hall–Kier alpha value is -2.89. The quantitative estimate of drug-likeness (QED) is 0.755. The lowest BCUT2D eigenvalue weighted by Gasteiger charge is -2.36. The lowest BCUT2D eigenvalue weighted by atomic mass is 9.99. The summed E-state index contributed by atoms with van der Waals surface area (Å²) in [4.78, 5) is 23.7. The van der Waals surface area contributed by atoms with Crippen molar-refractivity contribution >= 4 is 22.6 Å². The van der Waals surface area contributed by atoms with E-state index in [1.807, 2.05) is 54.5 Å². The van der Waals surface area contributed by atoms with E-state index in [1.165, 1.54) is 6.42 Å². The topological polar surface area (TPSA) is 63.1 Å². The van der Waals surface area contributed by atoms with Crippen molar-refractivity contribution in [1.29, 1.82) is 0 Å². The molecule has 1 fully saturated rings. The Morgan fingerprint density at radius 2 is 2.07 bits per heavy atom. The number of amides is 2. The van der Waals surface area contributed by atoms with E-state index in [-0.39, 0.29) is 12.1 Å². The molecule has 6 nitrogen and oxygen atoms in total. The predicted octanol–water partition coefficient (Wildman–Crippen LogP) is 4.22. The summed E-state index contributed by atoms with van der Waals surface area (Å²) in [5.74, 6) is 1.02. The molecule has 0 bridgehead atoms. The number of nitrogens with one attached hydrogen (secondary N) is 1. The molecule has 4 rings (SSSR count). The Morgan fingerprint density at radius 1 is 1.19 bits per heavy atom. The van der Waals surface area contributed by atoms with Gasteiger partial charge in [-0.2, -0.15) is 0 Å². The number of fused-ring (bicyclic) bond motifs is 1. The molecular weight excluding hydrogens is 338 g/mol. The summed E-state index contributed by atoms with van der Waals surface area (Å²) in [6, 6.07) is 10.0. The van der Waals surface area contributed by atoms with Gasteiger partial charge in [-0.05, 0) is 44.7 Å². The third-order valence-corrected chi connectivity index (χ3v) is 5.39. The monoisotopic (exact) mass is 363 g/mol. The third kappa shape index (κ3) is 3.79. The zero-order valence-electron chi connectivity index (χ0n) is 15.6. The number of imidazole rings is 1. The van der Waals surface area contributed by atoms with Crippen molar-refractivity contribution in [1.82, 2.24) is 19.4 Å². The van der Waals surface area contributed by atoms with Gasteiger partial charge in [0.05, 0.1) is 11.2 Å². The van der Waals surface area contributed by atoms with Gasteiger partial charge in [0.1, 0.15) is 5.82 Å². The molecule has 2 amide bonds. The van der Waals surface area contributed by atoms with Gasteiger partial charge in [-0.15, -0.1) is 0 Å². The summed E-state index contributed by atoms with van der Waals surface area (Å²) in [5.41, 5.74) is 1.60. The molecule has 2 aromatic heterocycles. The lowest BCUT2D eigenvalue weighted by Crippen LogP contribution is -2.46. The minimum atomic E-state index is -0.0276. The van der Waals surface area contributed by atoms with Gasteiger partial charge >= 0.3 is 6.03 Å². The molecule has 27 heavy (non-hydrogen) atoms. The maximum absolute atomic E-state index is 13.0. The fourth-order valence-corrected chi connectivity index (χ4v) is 3.89. The number of hydrogen-bond donors (Lipinski definition) is 1. The van der Waals surface area contributed by atoms with Gasteiger partial charge in [0.25, 0.3) is 0 Å². The Morgan fingerprint density at radius 3 is 2.93 bits per heavy atom. The average Bonchev–Trinajstić information content (AvgIpc) is 3.11. The van der Waals surface area contributed by atoms with E-state index in [9.17, 15) is 4.79 Å². The van der Waals surface area contributed by atoms with Gasteiger partial charge in [0.15, 0.2) is 0 Å². The number of aryl methyl sites for hydroxylation is 2. The second-order valence-corrected chi connectivity index (χ2v) is 7.11. The van der Waals surface area contributed by atoms with Crippen molar-refractivity contribution in [3.63, 3.8) is 0 Å². The fourth-order valence-electron chi connectivity index (χ4n) is 3.89. The van der Waals surface area contributed by atoms with Crippen molar-refractivity contribution in [3.8, 4) is 0 Å². The number of anilines is 1. The predicted molar refractivity (Wildman–Crippen MR) is 107 cm³/mol. The number of para-hydroxylation sites is 1. The molecule has 140 valence electrons. The van der Waals surface area contributed by atoms with Crippen LogP contribution in [0.3, 0.4) is 0 Å². The first-order valence-electron chi connectivity index (χ1n) is 9.61. The molecule has 0 unspecified atom stereocenters. The minimum Gasteiger partial charge on any atom is -0.335 e. The van der Waals surface area contributed by atoms with Crippen LogP contribution in [-0.2, 0) is 6.54 Å². The maximum atomic E-state index is 13.0. The minimum absolute atomic E-state index is 0.0276. The summed E-state index contributed by atoms with van der Waals surface area (Å²) >= 11 is 0. The Bertz CT molecular complexity index is 930. The summed E-state index contributed by atoms with van der Waals surface area (Å²) in [7, 11) is 0. The van der Waals surface area contributed by atoms with Crippen molar-refractivity contribution in [3.05, 3.63) is 54.7 Å². The van der Waals surface area contributed by atoms with Gasteiger partial charge in [-0.25, -0.2) is 9.78 Å². The number of hydrogen-bond acceptors (Lipinski definition) is 3. The number of pyridine rings is 1. The number of benzene rings is 1. The van der Waals surface area contributed by atoms with Crippen LogP contribution in [0.2, 0.25) is 0 Å². The summed E-state index contributed by atoms with van der Waals surface area (Å²) in [6.07, 6.45) is 9.82. The summed E-state index contributed by atoms with van der Waals surface area (Å²) in [6.45, 7) is 3.70. The normalized spacial score (nSPS) is 17.2. The highest BCUT2D eigenvalue weighted by Gasteiger charge is 2.27. The number of urea groups is 1. The highest BCUT2D eigenvalue weighted by atomic mass is 16.2. The second kappa shape index (κ2) is 7.78. The van der Waals surface area contributed by atoms with E-state index >= 15 is 0 Å². The van der Waals surface area contributed by atoms with E-state index in [2.05, 4.69) is 19.9 Å². The number of likely N-dealkylation sites (tertiary alicyclic amines) is 1. The molecule has 1 saturated heterocycles. The van der Waals surface area contributed by atoms with Crippen molar-refractivity contribution in [2.75, 3.05) is 11.9 Å². The van der Waals surface area contributed by atoms with Crippen LogP contribution in [0, 0.1) is 6.92 Å². The van der Waals surface area contributed by atoms with Crippen LogP contribution in [0.15, 0.2) is 48.9 Å². The number of carbonyl (C=O) groups excluding carboxylic acids is 1. The summed E-state index contributed by atoms with van der Waals surface area (Å²) in [5, 5.41) is 4.12. The molecule has 0 saturated carbocycles. The van der Waals surface area contributed by atoms with Gasteiger partial charge in [0, 0.05) is 43.1 Å². The molecule has 0 spiro atoms. The van der Waals surface area contributed by atoms with E-state index < -0.39 is 0 Å². The molecule has 1 aliphatic heterocycles. The molecule has 0 aliphatic carbocycles. The van der Waals surface area contributed by atoms with Crippen LogP contribution in [0.1, 0.15) is 31.5 Å². The first kappa shape index (κ1) is 17.5. The SMILES string of the molecule is Cc1nccn1CC[C@@H]1CCCCN1C(=O)Nc1cccc2cccnc12. The second-order valence-electron chi connectivity index (χ2n) is 7.11. The number of aromatic nitrogens is 3. The van der Waals surface area contributed by atoms with Crippen molar-refractivity contribution in [2.45, 2.75) is 45.2 Å².